The molecular formula is C34H36Zr. The summed E-state index contributed by atoms with van der Waals surface area (Å²) in [6.45, 7) is 0. The molecule has 0 saturated heterocycles. The van der Waals surface area contributed by atoms with Crippen LogP contribution >= 0.6 is 0 Å². The van der Waals surface area contributed by atoms with E-state index in [-0.39, 0.29) is 23.2 Å². The molecule has 0 aliphatic heterocycles. The molecule has 176 valence electrons. The standard InChI is InChI=1S/C16H14.2C9H11.Zr/c1-3-9-15(10-4-1)13-7-8-14-16-11-5-2-6-12-16;2*1-2-5-9-7-3-6-8(9)4-1;/h1-14H;2*1-2,4,6,9H,3,5,7H2;. The summed E-state index contributed by atoms with van der Waals surface area (Å²) in [6, 6.07) is 20.6. The molecule has 2 saturated carbocycles. The number of allylic oxidation sites excluding steroid dienone is 10. The second-order valence-electron chi connectivity index (χ2n) is 10.0. The number of benzene rings is 2. The van der Waals surface area contributed by atoms with Crippen LogP contribution < -0.4 is 0 Å². The predicted molar refractivity (Wildman–Crippen MR) is 148 cm³/mol. The van der Waals surface area contributed by atoms with E-state index in [4.69, 9.17) is 0 Å². The Morgan fingerprint density at radius 3 is 1.49 bits per heavy atom. The average molecular weight is 536 g/mol. The van der Waals surface area contributed by atoms with Crippen LogP contribution in [0.5, 0.6) is 0 Å². The van der Waals surface area contributed by atoms with Crippen LogP contribution in [0.25, 0.3) is 12.2 Å². The summed E-state index contributed by atoms with van der Waals surface area (Å²) in [5, 5.41) is 0. The number of fused-ring (bicyclic) bond motifs is 2. The maximum atomic E-state index is 2.48. The Labute approximate surface area is 223 Å². The molecule has 0 nitrogen and oxygen atoms in total. The van der Waals surface area contributed by atoms with Crippen molar-refractivity contribution >= 4 is 12.2 Å². The second-order valence-corrected chi connectivity index (χ2v) is 14.3. The Balaban J connectivity index is 0.000000148. The van der Waals surface area contributed by atoms with Crippen molar-refractivity contribution in [2.75, 3.05) is 0 Å². The number of hydrogen-bond donors (Lipinski definition) is 0. The zero-order chi connectivity index (χ0) is 23.7. The molecule has 0 aromatic heterocycles. The molecule has 4 atom stereocenters. The SMILES string of the molecule is C(C=Cc1ccccc1)=Cc1ccccc1.C1=CCC2CC[CH]([Zr][CH]3CCC4CC=CC=C43)C2=C1. The first-order valence-electron chi connectivity index (χ1n) is 13.3. The van der Waals surface area contributed by atoms with Crippen LogP contribution in [0, 0.1) is 11.8 Å². The van der Waals surface area contributed by atoms with Crippen LogP contribution in [0.1, 0.15) is 49.7 Å². The first kappa shape index (κ1) is 24.5. The van der Waals surface area contributed by atoms with E-state index in [1.807, 2.05) is 47.5 Å². The molecule has 4 aliphatic rings. The Kier molecular flexibility index (Phi) is 8.83. The summed E-state index contributed by atoms with van der Waals surface area (Å²) in [4.78, 5) is 0. The van der Waals surface area contributed by atoms with Gasteiger partial charge >= 0.3 is 128 Å². The summed E-state index contributed by atoms with van der Waals surface area (Å²) in [7, 11) is 0. The van der Waals surface area contributed by atoms with Crippen molar-refractivity contribution in [2.45, 2.75) is 45.8 Å². The van der Waals surface area contributed by atoms with E-state index < -0.39 is 0 Å². The summed E-state index contributed by atoms with van der Waals surface area (Å²) >= 11 is -0.287. The minimum absolute atomic E-state index is 0.287. The molecule has 0 heterocycles. The van der Waals surface area contributed by atoms with E-state index in [1.165, 1.54) is 49.7 Å². The molecule has 2 fully saturated rings. The van der Waals surface area contributed by atoms with E-state index in [2.05, 4.69) is 85.0 Å². The van der Waals surface area contributed by atoms with Crippen molar-refractivity contribution in [1.29, 1.82) is 0 Å². The molecule has 0 radical (unpaired) electrons. The fourth-order valence-corrected chi connectivity index (χ4v) is 11.3. The second kappa shape index (κ2) is 12.6. The van der Waals surface area contributed by atoms with Gasteiger partial charge in [-0.3, -0.25) is 0 Å². The van der Waals surface area contributed by atoms with Gasteiger partial charge in [0.25, 0.3) is 0 Å². The van der Waals surface area contributed by atoms with Gasteiger partial charge in [0, 0.05) is 0 Å². The van der Waals surface area contributed by atoms with Crippen LogP contribution in [-0.4, -0.2) is 0 Å². The molecule has 4 unspecified atom stereocenters. The average Bonchev–Trinajstić information content (AvgIpc) is 3.53. The third-order valence-corrected chi connectivity index (χ3v) is 12.8. The van der Waals surface area contributed by atoms with E-state index in [0.29, 0.717) is 0 Å². The monoisotopic (exact) mass is 534 g/mol. The van der Waals surface area contributed by atoms with E-state index in [0.717, 1.165) is 19.1 Å². The van der Waals surface area contributed by atoms with E-state index in [1.54, 1.807) is 0 Å². The van der Waals surface area contributed by atoms with Gasteiger partial charge in [0.05, 0.1) is 0 Å². The zero-order valence-corrected chi connectivity index (χ0v) is 23.1. The molecular weight excluding hydrogens is 500 g/mol. The summed E-state index contributed by atoms with van der Waals surface area (Å²) in [5.41, 5.74) is 6.18. The molecule has 6 rings (SSSR count). The van der Waals surface area contributed by atoms with E-state index in [9.17, 15) is 0 Å². The van der Waals surface area contributed by atoms with Gasteiger partial charge in [0.2, 0.25) is 0 Å². The molecule has 0 amide bonds. The fourth-order valence-electron chi connectivity index (χ4n) is 5.89. The third kappa shape index (κ3) is 6.71. The van der Waals surface area contributed by atoms with Crippen LogP contribution in [0.4, 0.5) is 0 Å². The van der Waals surface area contributed by atoms with Crippen LogP contribution in [-0.2, 0) is 23.2 Å². The molecule has 4 aliphatic carbocycles. The number of hydrogen-bond acceptors (Lipinski definition) is 0. The van der Waals surface area contributed by atoms with Crippen molar-refractivity contribution in [2.24, 2.45) is 11.8 Å². The molecule has 2 aromatic carbocycles. The topological polar surface area (TPSA) is 0 Å². The normalized spacial score (nSPS) is 26.6. The molecule has 0 N–H and O–H groups in total. The fraction of sp³-hybridized carbons (Fsp3) is 0.294. The van der Waals surface area contributed by atoms with Gasteiger partial charge in [-0.2, -0.15) is 0 Å². The van der Waals surface area contributed by atoms with Gasteiger partial charge in [-0.25, -0.2) is 0 Å². The Hall–Kier alpha value is -2.24. The van der Waals surface area contributed by atoms with Gasteiger partial charge in [0.15, 0.2) is 0 Å². The first-order valence-corrected chi connectivity index (χ1v) is 16.1. The molecule has 0 spiro atoms. The van der Waals surface area contributed by atoms with Crippen molar-refractivity contribution in [3.8, 4) is 0 Å². The third-order valence-electron chi connectivity index (χ3n) is 7.74. The van der Waals surface area contributed by atoms with Crippen molar-refractivity contribution in [3.05, 3.63) is 132 Å². The van der Waals surface area contributed by atoms with Gasteiger partial charge in [-0.15, -0.1) is 0 Å². The Morgan fingerprint density at radius 2 is 1.03 bits per heavy atom. The van der Waals surface area contributed by atoms with Crippen molar-refractivity contribution < 1.29 is 23.2 Å². The molecule has 1 heteroatoms. The summed E-state index contributed by atoms with van der Waals surface area (Å²) < 4.78 is 2.13. The van der Waals surface area contributed by atoms with Gasteiger partial charge in [0.1, 0.15) is 0 Å². The molecule has 2 aromatic rings. The summed E-state index contributed by atoms with van der Waals surface area (Å²) in [6.07, 6.45) is 31.3. The quantitative estimate of drug-likeness (QED) is 0.334. The van der Waals surface area contributed by atoms with Crippen molar-refractivity contribution in [1.82, 2.24) is 0 Å². The van der Waals surface area contributed by atoms with E-state index >= 15 is 0 Å². The minimum atomic E-state index is -0.287. The molecule has 35 heavy (non-hydrogen) atoms. The zero-order valence-electron chi connectivity index (χ0n) is 20.6. The number of rotatable bonds is 5. The summed E-state index contributed by atoms with van der Waals surface area (Å²) in [5.74, 6) is 1.88. The van der Waals surface area contributed by atoms with Crippen LogP contribution in [0.2, 0.25) is 7.25 Å². The van der Waals surface area contributed by atoms with Crippen molar-refractivity contribution in [3.63, 3.8) is 0 Å². The molecule has 0 bridgehead atoms. The van der Waals surface area contributed by atoms with Crippen LogP contribution in [0.15, 0.2) is 120 Å². The van der Waals surface area contributed by atoms with Gasteiger partial charge in [-0.05, 0) is 11.1 Å². The maximum absolute atomic E-state index is 2.48. The Morgan fingerprint density at radius 1 is 0.571 bits per heavy atom. The van der Waals surface area contributed by atoms with Gasteiger partial charge < -0.3 is 0 Å². The van der Waals surface area contributed by atoms with Crippen LogP contribution in [0.3, 0.4) is 0 Å². The predicted octanol–water partition coefficient (Wildman–Crippen LogP) is 9.65. The van der Waals surface area contributed by atoms with Gasteiger partial charge in [-0.1, -0.05) is 85.0 Å². The Bertz CT molecular complexity index is 1040. The first-order chi connectivity index (χ1) is 17.4.